The molecule has 47 heavy (non-hydrogen) atoms. The quantitative estimate of drug-likeness (QED) is 0.0429. The predicted octanol–water partition coefficient (Wildman–Crippen LogP) is 4.96. The van der Waals surface area contributed by atoms with Crippen molar-refractivity contribution in [3.8, 4) is 0 Å². The number of hydrogen-bond acceptors (Lipinski definition) is 9. The Hall–Kier alpha value is -1.37. The first-order chi connectivity index (χ1) is 22.8. The van der Waals surface area contributed by atoms with Crippen LogP contribution in [0.15, 0.2) is 24.3 Å². The minimum Gasteiger partial charge on any atom is -0.394 e. The maximum Gasteiger partial charge on any atom is 0.249 e. The van der Waals surface area contributed by atoms with Crippen LogP contribution in [0.4, 0.5) is 0 Å². The summed E-state index contributed by atoms with van der Waals surface area (Å²) >= 11 is 0. The van der Waals surface area contributed by atoms with Crippen LogP contribution in [-0.4, -0.2) is 98.7 Å². The molecule has 1 rings (SSSR count). The molecular formula is C37H69NO9. The number of carbonyl (C=O) groups is 1. The minimum atomic E-state index is -1.61. The maximum atomic E-state index is 12.9. The van der Waals surface area contributed by atoms with E-state index in [0.29, 0.717) is 19.3 Å². The van der Waals surface area contributed by atoms with Gasteiger partial charge in [-0.05, 0) is 32.1 Å². The zero-order valence-electron chi connectivity index (χ0n) is 29.4. The van der Waals surface area contributed by atoms with Crippen LogP contribution in [-0.2, 0) is 14.3 Å². The van der Waals surface area contributed by atoms with E-state index in [2.05, 4.69) is 31.3 Å². The summed E-state index contributed by atoms with van der Waals surface area (Å²) in [5.41, 5.74) is 0. The van der Waals surface area contributed by atoms with Gasteiger partial charge in [0.25, 0.3) is 0 Å². The summed E-state index contributed by atoms with van der Waals surface area (Å²) in [6.07, 6.45) is 19.9. The number of hydrogen-bond donors (Lipinski definition) is 7. The van der Waals surface area contributed by atoms with E-state index >= 15 is 0 Å². The highest BCUT2D eigenvalue weighted by molar-refractivity contribution is 5.80. The number of nitrogens with one attached hydrogen (secondary N) is 1. The molecule has 10 heteroatoms. The van der Waals surface area contributed by atoms with Crippen molar-refractivity contribution in [2.75, 3.05) is 13.2 Å². The Morgan fingerprint density at radius 1 is 0.723 bits per heavy atom. The lowest BCUT2D eigenvalue weighted by atomic mass is 9.99. The molecule has 0 spiro atoms. The predicted molar refractivity (Wildman–Crippen MR) is 186 cm³/mol. The van der Waals surface area contributed by atoms with E-state index in [0.717, 1.165) is 32.1 Å². The second kappa shape index (κ2) is 28.5. The number of amides is 1. The first-order valence-corrected chi connectivity index (χ1v) is 18.7. The molecule has 1 aliphatic rings. The molecule has 1 saturated heterocycles. The third-order valence-corrected chi connectivity index (χ3v) is 8.89. The van der Waals surface area contributed by atoms with Crippen molar-refractivity contribution in [2.45, 2.75) is 191 Å². The van der Waals surface area contributed by atoms with Crippen LogP contribution in [0, 0.1) is 0 Å². The van der Waals surface area contributed by atoms with Gasteiger partial charge in [-0.25, -0.2) is 0 Å². The molecule has 1 heterocycles. The number of unbranched alkanes of at least 4 members (excludes halogenated alkanes) is 16. The molecule has 0 aromatic carbocycles. The molecule has 0 bridgehead atoms. The molecule has 276 valence electrons. The SMILES string of the molecule is CCCCCCCC/C=C/CC/C=C/C(O)C(COC1OC(CO)C(O)C(O)C1O)NC(=O)C(O)CCCCCCCCCCCC. The van der Waals surface area contributed by atoms with Crippen molar-refractivity contribution in [3.63, 3.8) is 0 Å². The van der Waals surface area contributed by atoms with Gasteiger partial charge in [0.1, 0.15) is 30.5 Å². The van der Waals surface area contributed by atoms with Gasteiger partial charge in [0, 0.05) is 0 Å². The number of aliphatic hydroxyl groups excluding tert-OH is 6. The van der Waals surface area contributed by atoms with Crippen molar-refractivity contribution >= 4 is 5.91 Å². The number of carbonyl (C=O) groups excluding carboxylic acids is 1. The second-order valence-corrected chi connectivity index (χ2v) is 13.2. The molecule has 1 amide bonds. The van der Waals surface area contributed by atoms with E-state index in [4.69, 9.17) is 9.47 Å². The second-order valence-electron chi connectivity index (χ2n) is 13.2. The number of ether oxygens (including phenoxy) is 2. The van der Waals surface area contributed by atoms with Crippen LogP contribution in [0.2, 0.25) is 0 Å². The van der Waals surface area contributed by atoms with Crippen molar-refractivity contribution < 1.29 is 44.9 Å². The van der Waals surface area contributed by atoms with Crippen LogP contribution < -0.4 is 5.32 Å². The van der Waals surface area contributed by atoms with E-state index in [1.165, 1.54) is 77.0 Å². The fraction of sp³-hybridized carbons (Fsp3) is 0.865. The Morgan fingerprint density at radius 2 is 1.26 bits per heavy atom. The largest absolute Gasteiger partial charge is 0.394 e. The van der Waals surface area contributed by atoms with Crippen molar-refractivity contribution in [1.82, 2.24) is 5.32 Å². The maximum absolute atomic E-state index is 12.9. The zero-order chi connectivity index (χ0) is 34.7. The standard InChI is InChI=1S/C37H69NO9/c1-3-5-7-9-11-13-15-16-18-19-21-23-25-30(40)29(28-46-37-35(44)34(43)33(42)32(27-39)47-37)38-36(45)31(41)26-24-22-20-17-14-12-10-8-6-4-2/h16,18,23,25,29-35,37,39-44H,3-15,17,19-22,24,26-28H2,1-2H3,(H,38,45)/b18-16+,25-23+. The lowest BCUT2D eigenvalue weighted by molar-refractivity contribution is -0.302. The van der Waals surface area contributed by atoms with Crippen molar-refractivity contribution in [2.24, 2.45) is 0 Å². The highest BCUT2D eigenvalue weighted by atomic mass is 16.7. The van der Waals surface area contributed by atoms with Gasteiger partial charge >= 0.3 is 0 Å². The van der Waals surface area contributed by atoms with Crippen LogP contribution in [0.25, 0.3) is 0 Å². The number of allylic oxidation sites excluding steroid dienone is 3. The Morgan fingerprint density at radius 3 is 1.85 bits per heavy atom. The van der Waals surface area contributed by atoms with Gasteiger partial charge in [0.05, 0.1) is 25.4 Å². The summed E-state index contributed by atoms with van der Waals surface area (Å²) in [5.74, 6) is -0.631. The minimum absolute atomic E-state index is 0.305. The smallest absolute Gasteiger partial charge is 0.249 e. The fourth-order valence-electron chi connectivity index (χ4n) is 5.70. The molecule has 0 aromatic rings. The van der Waals surface area contributed by atoms with Crippen molar-refractivity contribution in [3.05, 3.63) is 24.3 Å². The van der Waals surface area contributed by atoms with Gasteiger partial charge < -0.3 is 45.4 Å². The van der Waals surface area contributed by atoms with Crippen molar-refractivity contribution in [1.29, 1.82) is 0 Å². The Balaban J connectivity index is 2.59. The lowest BCUT2D eigenvalue weighted by Gasteiger charge is -2.40. The summed E-state index contributed by atoms with van der Waals surface area (Å²) in [6, 6.07) is -0.989. The lowest BCUT2D eigenvalue weighted by Crippen LogP contribution is -2.60. The average Bonchev–Trinajstić information content (AvgIpc) is 3.07. The molecule has 0 saturated carbocycles. The highest BCUT2D eigenvalue weighted by Crippen LogP contribution is 2.22. The average molecular weight is 672 g/mol. The van der Waals surface area contributed by atoms with Crippen LogP contribution in [0.5, 0.6) is 0 Å². The van der Waals surface area contributed by atoms with Crippen LogP contribution in [0.3, 0.4) is 0 Å². The fourth-order valence-corrected chi connectivity index (χ4v) is 5.70. The van der Waals surface area contributed by atoms with Gasteiger partial charge in [-0.3, -0.25) is 4.79 Å². The molecule has 0 aromatic heterocycles. The zero-order valence-corrected chi connectivity index (χ0v) is 29.4. The molecule has 8 unspecified atom stereocenters. The third-order valence-electron chi connectivity index (χ3n) is 8.89. The Bertz CT molecular complexity index is 809. The van der Waals surface area contributed by atoms with E-state index in [1.807, 2.05) is 6.08 Å². The molecular weight excluding hydrogens is 602 g/mol. The van der Waals surface area contributed by atoms with E-state index < -0.39 is 61.5 Å². The summed E-state index contributed by atoms with van der Waals surface area (Å²) in [4.78, 5) is 12.9. The summed E-state index contributed by atoms with van der Waals surface area (Å²) < 4.78 is 11.0. The van der Waals surface area contributed by atoms with E-state index in [-0.39, 0.29) is 6.61 Å². The van der Waals surface area contributed by atoms with Gasteiger partial charge in [0.2, 0.25) is 5.91 Å². The van der Waals surface area contributed by atoms with Crippen LogP contribution in [0.1, 0.15) is 142 Å². The van der Waals surface area contributed by atoms with Gasteiger partial charge in [-0.1, -0.05) is 134 Å². The molecule has 10 nitrogen and oxygen atoms in total. The van der Waals surface area contributed by atoms with Gasteiger partial charge in [-0.2, -0.15) is 0 Å². The van der Waals surface area contributed by atoms with Gasteiger partial charge in [0.15, 0.2) is 6.29 Å². The summed E-state index contributed by atoms with van der Waals surface area (Å²) in [6.45, 7) is 3.51. The molecule has 0 aliphatic carbocycles. The van der Waals surface area contributed by atoms with Crippen LogP contribution >= 0.6 is 0 Å². The highest BCUT2D eigenvalue weighted by Gasteiger charge is 2.44. The Labute approximate surface area is 284 Å². The first kappa shape index (κ1) is 43.7. The monoisotopic (exact) mass is 671 g/mol. The molecule has 0 radical (unpaired) electrons. The Kier molecular flexibility index (Phi) is 26.4. The molecule has 7 N–H and O–H groups in total. The van der Waals surface area contributed by atoms with E-state index in [1.54, 1.807) is 6.08 Å². The molecule has 1 fully saturated rings. The number of aliphatic hydroxyl groups is 6. The van der Waals surface area contributed by atoms with Gasteiger partial charge in [-0.15, -0.1) is 0 Å². The third kappa shape index (κ3) is 20.0. The number of rotatable bonds is 29. The first-order valence-electron chi connectivity index (χ1n) is 18.7. The topological polar surface area (TPSA) is 169 Å². The molecule has 1 aliphatic heterocycles. The summed E-state index contributed by atoms with van der Waals surface area (Å²) in [5, 5.41) is 64.1. The summed E-state index contributed by atoms with van der Waals surface area (Å²) in [7, 11) is 0. The normalized spacial score (nSPS) is 23.8. The molecule has 8 atom stereocenters. The van der Waals surface area contributed by atoms with E-state index in [9.17, 15) is 35.4 Å².